The fourth-order valence-electron chi connectivity index (χ4n) is 0.990. The molecule has 0 bridgehead atoms. The van der Waals surface area contributed by atoms with Crippen LogP contribution in [0.4, 0.5) is 0 Å². The van der Waals surface area contributed by atoms with E-state index in [9.17, 15) is 4.79 Å². The number of nitrogens with zero attached hydrogens (tertiary/aromatic N) is 2. The van der Waals surface area contributed by atoms with Gasteiger partial charge in [-0.1, -0.05) is 12.1 Å². The van der Waals surface area contributed by atoms with Gasteiger partial charge in [-0.25, -0.2) is 4.79 Å². The molecule has 1 aromatic rings. The second-order valence-corrected chi connectivity index (χ2v) is 2.63. The predicted octanol–water partition coefficient (Wildman–Crippen LogP) is 1.96. The van der Waals surface area contributed by atoms with Crippen LogP contribution in [0.3, 0.4) is 0 Å². The van der Waals surface area contributed by atoms with Crippen LogP contribution in [0.5, 0.6) is 0 Å². The Labute approximate surface area is 76.3 Å². The molecule has 1 unspecified atom stereocenters. The molecule has 0 aliphatic heterocycles. The van der Waals surface area contributed by atoms with Gasteiger partial charge in [0.05, 0.1) is 17.7 Å². The number of aliphatic imine (C=N–C) groups is 1. The zero-order valence-corrected chi connectivity index (χ0v) is 7.19. The smallest absolute Gasteiger partial charge is 0.211 e. The third-order valence-corrected chi connectivity index (χ3v) is 1.77. The lowest BCUT2D eigenvalue weighted by Crippen LogP contribution is -1.88. The topological polar surface area (TPSA) is 53.2 Å². The van der Waals surface area contributed by atoms with Crippen molar-refractivity contribution in [1.29, 1.82) is 5.26 Å². The Morgan fingerprint density at radius 1 is 1.38 bits per heavy atom. The van der Waals surface area contributed by atoms with Crippen LogP contribution >= 0.6 is 0 Å². The van der Waals surface area contributed by atoms with Crippen molar-refractivity contribution in [2.45, 2.75) is 13.0 Å². The molecule has 64 valence electrons. The number of rotatable bonds is 2. The van der Waals surface area contributed by atoms with Crippen LogP contribution in [-0.2, 0) is 4.79 Å². The number of carbonyl (C=O) groups excluding carboxylic acids is 1. The molecule has 3 nitrogen and oxygen atoms in total. The molecule has 0 saturated heterocycles. The lowest BCUT2D eigenvalue weighted by Gasteiger charge is -2.02. The first kappa shape index (κ1) is 9.18. The van der Waals surface area contributed by atoms with Gasteiger partial charge in [-0.2, -0.15) is 10.3 Å². The molecule has 0 aromatic heterocycles. The molecule has 0 aliphatic carbocycles. The zero-order chi connectivity index (χ0) is 9.68. The maximum atomic E-state index is 9.97. The van der Waals surface area contributed by atoms with Crippen molar-refractivity contribution in [1.82, 2.24) is 0 Å². The van der Waals surface area contributed by atoms with E-state index in [1.54, 1.807) is 31.2 Å². The van der Waals surface area contributed by atoms with Crippen LogP contribution < -0.4 is 0 Å². The van der Waals surface area contributed by atoms with Crippen molar-refractivity contribution in [3.63, 3.8) is 0 Å². The SMILES string of the molecule is CC(N=C=O)c1ccc(C#N)cc1. The second kappa shape index (κ2) is 4.20. The molecule has 0 N–H and O–H groups in total. The van der Waals surface area contributed by atoms with Gasteiger partial charge >= 0.3 is 0 Å². The average Bonchev–Trinajstić information content (AvgIpc) is 2.18. The van der Waals surface area contributed by atoms with Crippen LogP contribution in [0.15, 0.2) is 29.3 Å². The molecule has 1 aromatic carbocycles. The summed E-state index contributed by atoms with van der Waals surface area (Å²) in [6.07, 6.45) is 1.50. The van der Waals surface area contributed by atoms with Gasteiger partial charge in [0.2, 0.25) is 6.08 Å². The number of nitriles is 1. The number of benzene rings is 1. The van der Waals surface area contributed by atoms with Crippen LogP contribution in [0, 0.1) is 11.3 Å². The highest BCUT2D eigenvalue weighted by Gasteiger charge is 2.01. The van der Waals surface area contributed by atoms with E-state index in [2.05, 4.69) is 4.99 Å². The van der Waals surface area contributed by atoms with E-state index < -0.39 is 0 Å². The minimum absolute atomic E-state index is 0.190. The summed E-state index contributed by atoms with van der Waals surface area (Å²) >= 11 is 0. The van der Waals surface area contributed by atoms with E-state index in [1.165, 1.54) is 6.08 Å². The molecule has 3 heteroatoms. The van der Waals surface area contributed by atoms with Gasteiger partial charge in [0.1, 0.15) is 0 Å². The Balaban J connectivity index is 2.93. The Bertz CT molecular complexity index is 369. The summed E-state index contributed by atoms with van der Waals surface area (Å²) in [7, 11) is 0. The normalized spacial score (nSPS) is 11.1. The monoisotopic (exact) mass is 172 g/mol. The van der Waals surface area contributed by atoms with E-state index in [0.29, 0.717) is 5.56 Å². The minimum atomic E-state index is -0.190. The molecule has 1 rings (SSSR count). The first-order valence-corrected chi connectivity index (χ1v) is 3.85. The summed E-state index contributed by atoms with van der Waals surface area (Å²) < 4.78 is 0. The van der Waals surface area contributed by atoms with Crippen molar-refractivity contribution in [2.24, 2.45) is 4.99 Å². The van der Waals surface area contributed by atoms with Crippen LogP contribution in [-0.4, -0.2) is 6.08 Å². The number of hydrogen-bond acceptors (Lipinski definition) is 3. The molecule has 0 fully saturated rings. The highest BCUT2D eigenvalue weighted by atomic mass is 16.1. The summed E-state index contributed by atoms with van der Waals surface area (Å²) in [5.74, 6) is 0. The Morgan fingerprint density at radius 3 is 2.46 bits per heavy atom. The Kier molecular flexibility index (Phi) is 2.97. The van der Waals surface area contributed by atoms with Crippen molar-refractivity contribution < 1.29 is 4.79 Å². The number of isocyanates is 1. The molecular formula is C10H8N2O. The quantitative estimate of drug-likeness (QED) is 0.505. The van der Waals surface area contributed by atoms with Gasteiger partial charge in [0.25, 0.3) is 0 Å². The van der Waals surface area contributed by atoms with Gasteiger partial charge in [-0.15, -0.1) is 0 Å². The van der Waals surface area contributed by atoms with Crippen LogP contribution in [0.25, 0.3) is 0 Å². The third kappa shape index (κ3) is 2.26. The zero-order valence-electron chi connectivity index (χ0n) is 7.19. The lowest BCUT2D eigenvalue weighted by atomic mass is 10.1. The van der Waals surface area contributed by atoms with E-state index >= 15 is 0 Å². The Hall–Kier alpha value is -1.91. The summed E-state index contributed by atoms with van der Waals surface area (Å²) in [5.41, 5.74) is 1.51. The van der Waals surface area contributed by atoms with Gasteiger partial charge in [-0.3, -0.25) is 0 Å². The summed E-state index contributed by atoms with van der Waals surface area (Å²) in [4.78, 5) is 13.5. The average molecular weight is 172 g/mol. The summed E-state index contributed by atoms with van der Waals surface area (Å²) in [6, 6.07) is 8.79. The van der Waals surface area contributed by atoms with E-state index in [1.807, 2.05) is 6.07 Å². The fourth-order valence-corrected chi connectivity index (χ4v) is 0.990. The predicted molar refractivity (Wildman–Crippen MR) is 47.7 cm³/mol. The molecule has 0 heterocycles. The summed E-state index contributed by atoms with van der Waals surface area (Å²) in [5, 5.41) is 8.53. The number of hydrogen-bond donors (Lipinski definition) is 0. The third-order valence-electron chi connectivity index (χ3n) is 1.77. The second-order valence-electron chi connectivity index (χ2n) is 2.63. The molecule has 0 spiro atoms. The van der Waals surface area contributed by atoms with Gasteiger partial charge < -0.3 is 0 Å². The van der Waals surface area contributed by atoms with Gasteiger partial charge in [0.15, 0.2) is 0 Å². The van der Waals surface area contributed by atoms with E-state index in [-0.39, 0.29) is 6.04 Å². The standard InChI is InChI=1S/C10H8N2O/c1-8(12-7-13)10-4-2-9(6-11)3-5-10/h2-5,8H,1H3. The first-order valence-electron chi connectivity index (χ1n) is 3.85. The highest BCUT2D eigenvalue weighted by Crippen LogP contribution is 2.15. The minimum Gasteiger partial charge on any atom is -0.211 e. The first-order chi connectivity index (χ1) is 6.27. The van der Waals surface area contributed by atoms with Gasteiger partial charge in [-0.05, 0) is 24.6 Å². The van der Waals surface area contributed by atoms with E-state index in [4.69, 9.17) is 5.26 Å². The molecule has 13 heavy (non-hydrogen) atoms. The van der Waals surface area contributed by atoms with Crippen molar-refractivity contribution >= 4 is 6.08 Å². The van der Waals surface area contributed by atoms with E-state index in [0.717, 1.165) is 5.56 Å². The molecular weight excluding hydrogens is 164 g/mol. The molecule has 0 aliphatic rings. The van der Waals surface area contributed by atoms with Crippen LogP contribution in [0.1, 0.15) is 24.1 Å². The van der Waals surface area contributed by atoms with Gasteiger partial charge in [0, 0.05) is 0 Å². The molecule has 0 saturated carbocycles. The molecule has 0 radical (unpaired) electrons. The molecule has 0 amide bonds. The van der Waals surface area contributed by atoms with Crippen molar-refractivity contribution in [3.8, 4) is 6.07 Å². The Morgan fingerprint density at radius 2 is 2.00 bits per heavy atom. The molecule has 1 atom stereocenters. The maximum absolute atomic E-state index is 9.97. The lowest BCUT2D eigenvalue weighted by molar-refractivity contribution is 0.559. The van der Waals surface area contributed by atoms with Crippen LogP contribution in [0.2, 0.25) is 0 Å². The van der Waals surface area contributed by atoms with Crippen molar-refractivity contribution in [3.05, 3.63) is 35.4 Å². The fraction of sp³-hybridized carbons (Fsp3) is 0.200. The summed E-state index contributed by atoms with van der Waals surface area (Å²) in [6.45, 7) is 1.80. The maximum Gasteiger partial charge on any atom is 0.235 e. The highest BCUT2D eigenvalue weighted by molar-refractivity contribution is 5.37. The largest absolute Gasteiger partial charge is 0.235 e. The van der Waals surface area contributed by atoms with Crippen molar-refractivity contribution in [2.75, 3.05) is 0 Å².